The van der Waals surface area contributed by atoms with Gasteiger partial charge in [-0.05, 0) is 43.6 Å². The first-order valence-corrected chi connectivity index (χ1v) is 8.43. The lowest BCUT2D eigenvalue weighted by atomic mass is 10.2. The normalized spacial score (nSPS) is 18.0. The van der Waals surface area contributed by atoms with E-state index in [0.717, 1.165) is 22.8 Å². The Morgan fingerprint density at radius 2 is 2.14 bits per heavy atom. The third kappa shape index (κ3) is 2.48. The summed E-state index contributed by atoms with van der Waals surface area (Å²) in [6.45, 7) is 2.42. The third-order valence-corrected chi connectivity index (χ3v) is 5.02. The average Bonchev–Trinajstić information content (AvgIpc) is 3.40. The summed E-state index contributed by atoms with van der Waals surface area (Å²) in [7, 11) is 0. The van der Waals surface area contributed by atoms with Crippen LogP contribution in [0.5, 0.6) is 0 Å². The van der Waals surface area contributed by atoms with Crippen molar-refractivity contribution in [1.82, 2.24) is 20.1 Å². The lowest BCUT2D eigenvalue weighted by molar-refractivity contribution is 0.0949. The van der Waals surface area contributed by atoms with Crippen molar-refractivity contribution in [2.45, 2.75) is 51.1 Å². The van der Waals surface area contributed by atoms with Crippen LogP contribution in [0.4, 0.5) is 0 Å². The topological polar surface area (TPSA) is 59.8 Å². The van der Waals surface area contributed by atoms with E-state index in [9.17, 15) is 4.79 Å². The molecule has 2 aliphatic rings. The molecule has 2 saturated carbocycles. The number of rotatable bonds is 5. The lowest BCUT2D eigenvalue weighted by Crippen LogP contribution is -2.25. The van der Waals surface area contributed by atoms with E-state index in [1.54, 1.807) is 11.3 Å². The van der Waals surface area contributed by atoms with Gasteiger partial charge < -0.3 is 9.88 Å². The van der Waals surface area contributed by atoms with Crippen LogP contribution >= 0.6 is 11.3 Å². The highest BCUT2D eigenvalue weighted by molar-refractivity contribution is 7.08. The molecule has 2 heterocycles. The van der Waals surface area contributed by atoms with Gasteiger partial charge in [0.2, 0.25) is 0 Å². The van der Waals surface area contributed by atoms with Crippen molar-refractivity contribution in [3.63, 3.8) is 0 Å². The third-order valence-electron chi connectivity index (χ3n) is 4.15. The molecule has 0 atom stereocenters. The van der Waals surface area contributed by atoms with Gasteiger partial charge >= 0.3 is 0 Å². The number of nitrogens with one attached hydrogen (secondary N) is 1. The number of carbonyl (C=O) groups excluding carboxylic acids is 1. The smallest absolute Gasteiger partial charge is 0.252 e. The molecule has 0 bridgehead atoms. The van der Waals surface area contributed by atoms with Gasteiger partial charge in [-0.3, -0.25) is 4.79 Å². The SMILES string of the molecule is Cc1cscc1C(=O)NCc1nnc(C2CC2)n1C1CC1. The van der Waals surface area contributed by atoms with Gasteiger partial charge in [0.25, 0.3) is 5.91 Å². The van der Waals surface area contributed by atoms with Crippen LogP contribution in [0.2, 0.25) is 0 Å². The van der Waals surface area contributed by atoms with Crippen molar-refractivity contribution in [2.24, 2.45) is 0 Å². The quantitative estimate of drug-likeness (QED) is 0.924. The van der Waals surface area contributed by atoms with Gasteiger partial charge in [-0.15, -0.1) is 10.2 Å². The van der Waals surface area contributed by atoms with Crippen molar-refractivity contribution in [1.29, 1.82) is 0 Å². The Morgan fingerprint density at radius 1 is 1.33 bits per heavy atom. The zero-order chi connectivity index (χ0) is 14.4. The Bertz CT molecular complexity index is 682. The van der Waals surface area contributed by atoms with Crippen molar-refractivity contribution < 1.29 is 4.79 Å². The first-order chi connectivity index (χ1) is 10.2. The molecule has 2 aromatic rings. The fraction of sp³-hybridized carbons (Fsp3) is 0.533. The molecule has 0 radical (unpaired) electrons. The number of hydrogen-bond acceptors (Lipinski definition) is 4. The molecule has 0 aliphatic heterocycles. The molecule has 21 heavy (non-hydrogen) atoms. The van der Waals surface area contributed by atoms with Crippen molar-refractivity contribution in [2.75, 3.05) is 0 Å². The van der Waals surface area contributed by atoms with Crippen LogP contribution < -0.4 is 5.32 Å². The predicted octanol–water partition coefficient (Wildman–Crippen LogP) is 2.79. The monoisotopic (exact) mass is 302 g/mol. The van der Waals surface area contributed by atoms with Gasteiger partial charge in [0, 0.05) is 17.3 Å². The Hall–Kier alpha value is -1.69. The zero-order valence-corrected chi connectivity index (χ0v) is 12.8. The molecule has 5 nitrogen and oxygen atoms in total. The van der Waals surface area contributed by atoms with Crippen LogP contribution in [-0.4, -0.2) is 20.7 Å². The molecule has 2 aromatic heterocycles. The summed E-state index contributed by atoms with van der Waals surface area (Å²) >= 11 is 1.56. The molecule has 110 valence electrons. The van der Waals surface area contributed by atoms with E-state index in [4.69, 9.17) is 0 Å². The number of hydrogen-bond donors (Lipinski definition) is 1. The van der Waals surface area contributed by atoms with Gasteiger partial charge in [0.05, 0.1) is 12.1 Å². The number of nitrogens with zero attached hydrogens (tertiary/aromatic N) is 3. The summed E-state index contributed by atoms with van der Waals surface area (Å²) in [4.78, 5) is 12.2. The summed E-state index contributed by atoms with van der Waals surface area (Å²) in [6, 6.07) is 0.561. The zero-order valence-electron chi connectivity index (χ0n) is 12.0. The predicted molar refractivity (Wildman–Crippen MR) is 80.5 cm³/mol. The van der Waals surface area contributed by atoms with E-state index >= 15 is 0 Å². The number of aromatic nitrogens is 3. The molecular weight excluding hydrogens is 284 g/mol. The first kappa shape index (κ1) is 13.0. The van der Waals surface area contributed by atoms with E-state index in [2.05, 4.69) is 20.1 Å². The molecule has 0 spiro atoms. The highest BCUT2D eigenvalue weighted by Gasteiger charge is 2.36. The molecule has 1 amide bonds. The largest absolute Gasteiger partial charge is 0.345 e. The molecular formula is C15H18N4OS. The second-order valence-corrected chi connectivity index (χ2v) is 6.74. The highest BCUT2D eigenvalue weighted by atomic mass is 32.1. The summed E-state index contributed by atoms with van der Waals surface area (Å²) < 4.78 is 2.28. The Morgan fingerprint density at radius 3 is 2.76 bits per heavy atom. The number of amides is 1. The Balaban J connectivity index is 1.50. The van der Waals surface area contributed by atoms with Crippen LogP contribution in [0.1, 0.15) is 65.2 Å². The summed E-state index contributed by atoms with van der Waals surface area (Å²) in [6.07, 6.45) is 4.88. The Kier molecular flexibility index (Phi) is 3.06. The molecule has 6 heteroatoms. The molecule has 2 aliphatic carbocycles. The van der Waals surface area contributed by atoms with Crippen molar-refractivity contribution in [3.05, 3.63) is 33.5 Å². The van der Waals surface area contributed by atoms with E-state index in [1.807, 2.05) is 17.7 Å². The maximum Gasteiger partial charge on any atom is 0.252 e. The lowest BCUT2D eigenvalue weighted by Gasteiger charge is -2.09. The van der Waals surface area contributed by atoms with Crippen molar-refractivity contribution >= 4 is 17.2 Å². The fourth-order valence-corrected chi connectivity index (χ4v) is 3.48. The van der Waals surface area contributed by atoms with Gasteiger partial charge in [0.15, 0.2) is 5.82 Å². The van der Waals surface area contributed by atoms with E-state index in [1.165, 1.54) is 25.7 Å². The number of carbonyl (C=O) groups is 1. The molecule has 0 unspecified atom stereocenters. The standard InChI is InChI=1S/C15H18N4OS/c1-9-7-21-8-12(9)15(20)16-6-13-17-18-14(10-2-3-10)19(13)11-4-5-11/h7-8,10-11H,2-6H2,1H3,(H,16,20). The second kappa shape index (κ2) is 4.94. The summed E-state index contributed by atoms with van der Waals surface area (Å²) in [5.41, 5.74) is 1.79. The average molecular weight is 302 g/mol. The Labute approximate surface area is 127 Å². The van der Waals surface area contributed by atoms with Gasteiger partial charge in [-0.25, -0.2) is 0 Å². The van der Waals surface area contributed by atoms with Crippen molar-refractivity contribution in [3.8, 4) is 0 Å². The molecule has 0 aromatic carbocycles. The minimum absolute atomic E-state index is 0.0212. The molecule has 0 saturated heterocycles. The van der Waals surface area contributed by atoms with Gasteiger partial charge in [0.1, 0.15) is 5.82 Å². The maximum absolute atomic E-state index is 12.2. The van der Waals surface area contributed by atoms with Gasteiger partial charge in [-0.2, -0.15) is 11.3 Å². The van der Waals surface area contributed by atoms with Crippen LogP contribution in [0.3, 0.4) is 0 Å². The first-order valence-electron chi connectivity index (χ1n) is 7.48. The van der Waals surface area contributed by atoms with E-state index < -0.39 is 0 Å². The maximum atomic E-state index is 12.2. The van der Waals surface area contributed by atoms with Crippen LogP contribution in [0.25, 0.3) is 0 Å². The van der Waals surface area contributed by atoms with Gasteiger partial charge in [-0.1, -0.05) is 0 Å². The fourth-order valence-electron chi connectivity index (χ4n) is 2.66. The molecule has 1 N–H and O–H groups in total. The molecule has 2 fully saturated rings. The minimum Gasteiger partial charge on any atom is -0.345 e. The van der Waals surface area contributed by atoms with Crippen LogP contribution in [0, 0.1) is 6.92 Å². The number of thiophene rings is 1. The highest BCUT2D eigenvalue weighted by Crippen LogP contribution is 2.44. The summed E-state index contributed by atoms with van der Waals surface area (Å²) in [5.74, 6) is 2.61. The summed E-state index contributed by atoms with van der Waals surface area (Å²) in [5, 5.41) is 15.5. The van der Waals surface area contributed by atoms with E-state index in [0.29, 0.717) is 18.5 Å². The minimum atomic E-state index is -0.0212. The second-order valence-electron chi connectivity index (χ2n) is 6.00. The van der Waals surface area contributed by atoms with E-state index in [-0.39, 0.29) is 5.91 Å². The van der Waals surface area contributed by atoms with Crippen LogP contribution in [-0.2, 0) is 6.54 Å². The molecule has 4 rings (SSSR count). The van der Waals surface area contributed by atoms with Crippen LogP contribution in [0.15, 0.2) is 10.8 Å². The number of aryl methyl sites for hydroxylation is 1.